The third-order valence-electron chi connectivity index (χ3n) is 5.60. The van der Waals surface area contributed by atoms with E-state index >= 15 is 0 Å². The van der Waals surface area contributed by atoms with Crippen LogP contribution in [0.15, 0.2) is 0 Å². The third-order valence-corrected chi connectivity index (χ3v) is 5.60. The first kappa shape index (κ1) is 15.3. The molecule has 4 nitrogen and oxygen atoms in total. The van der Waals surface area contributed by atoms with Crippen LogP contribution in [0, 0.1) is 16.7 Å². The first-order valence-electron chi connectivity index (χ1n) is 7.90. The summed E-state index contributed by atoms with van der Waals surface area (Å²) >= 11 is 0. The molecule has 0 radical (unpaired) electrons. The summed E-state index contributed by atoms with van der Waals surface area (Å²) in [7, 11) is 0. The van der Waals surface area contributed by atoms with Gasteiger partial charge in [-0.2, -0.15) is 5.26 Å². The number of amides is 1. The van der Waals surface area contributed by atoms with Crippen LogP contribution in [0.25, 0.3) is 0 Å². The predicted molar refractivity (Wildman–Crippen MR) is 79.0 cm³/mol. The molecule has 1 saturated heterocycles. The highest BCUT2D eigenvalue weighted by atomic mass is 16.2. The van der Waals surface area contributed by atoms with Crippen molar-refractivity contribution < 1.29 is 4.79 Å². The number of hydrogen-bond acceptors (Lipinski definition) is 3. The highest BCUT2D eigenvalue weighted by Crippen LogP contribution is 2.47. The summed E-state index contributed by atoms with van der Waals surface area (Å²) in [6.45, 7) is 7.92. The third kappa shape index (κ3) is 2.56. The summed E-state index contributed by atoms with van der Waals surface area (Å²) in [5.41, 5.74) is 0.312. The average Bonchev–Trinajstić information content (AvgIpc) is 3.00. The highest BCUT2D eigenvalue weighted by molar-refractivity contribution is 5.79. The fraction of sp³-hybridized carbons (Fsp3) is 0.875. The Balaban J connectivity index is 1.97. The van der Waals surface area contributed by atoms with Crippen molar-refractivity contribution in [2.24, 2.45) is 5.41 Å². The van der Waals surface area contributed by atoms with Gasteiger partial charge in [0, 0.05) is 12.1 Å². The maximum atomic E-state index is 12.4. The van der Waals surface area contributed by atoms with E-state index in [2.05, 4.69) is 32.2 Å². The van der Waals surface area contributed by atoms with E-state index in [1.165, 1.54) is 12.8 Å². The van der Waals surface area contributed by atoms with Crippen molar-refractivity contribution in [3.05, 3.63) is 0 Å². The number of rotatable bonds is 4. The lowest BCUT2D eigenvalue weighted by Gasteiger charge is -2.42. The summed E-state index contributed by atoms with van der Waals surface area (Å²) in [4.78, 5) is 14.1. The second kappa shape index (κ2) is 5.73. The van der Waals surface area contributed by atoms with E-state index in [0.717, 1.165) is 32.2 Å². The van der Waals surface area contributed by atoms with Crippen LogP contribution in [0.5, 0.6) is 0 Å². The zero-order valence-electron chi connectivity index (χ0n) is 13.0. The number of nitrogens with one attached hydrogen (secondary N) is 1. The molecule has 1 aliphatic heterocycles. The number of carbonyl (C=O) groups excluding carboxylic acids is 1. The molecule has 2 aliphatic rings. The number of nitrogens with zero attached hydrogens (tertiary/aromatic N) is 2. The number of carbonyl (C=O) groups is 1. The zero-order chi connectivity index (χ0) is 14.8. The molecular formula is C16H27N3O. The molecule has 0 unspecified atom stereocenters. The number of nitriles is 1. The predicted octanol–water partition coefficient (Wildman–Crippen LogP) is 2.45. The molecule has 0 aromatic heterocycles. The standard InChI is InChI=1S/C16H27N3O/c1-4-16(9-6-8-15(16,2)3)18-12-14(20)19-10-5-7-13(19)11-17/h13,18H,4-10,12H2,1-3H3/t13-,16-/m0/s1. The van der Waals surface area contributed by atoms with Crippen LogP contribution < -0.4 is 5.32 Å². The van der Waals surface area contributed by atoms with Crippen LogP contribution in [0.3, 0.4) is 0 Å². The Hall–Kier alpha value is -1.08. The highest BCUT2D eigenvalue weighted by Gasteiger charge is 2.47. The van der Waals surface area contributed by atoms with E-state index in [4.69, 9.17) is 5.26 Å². The minimum absolute atomic E-state index is 0.0739. The second-order valence-electron chi connectivity index (χ2n) is 6.90. The van der Waals surface area contributed by atoms with Gasteiger partial charge in [-0.05, 0) is 37.5 Å². The summed E-state index contributed by atoms with van der Waals surface area (Å²) in [5, 5.41) is 12.6. The Morgan fingerprint density at radius 2 is 2.15 bits per heavy atom. The molecule has 2 rings (SSSR count). The molecule has 2 fully saturated rings. The summed E-state index contributed by atoms with van der Waals surface area (Å²) in [6, 6.07) is 2.03. The van der Waals surface area contributed by atoms with Crippen LogP contribution in [0.4, 0.5) is 0 Å². The minimum Gasteiger partial charge on any atom is -0.326 e. The minimum atomic E-state index is -0.210. The smallest absolute Gasteiger partial charge is 0.237 e. The first-order valence-corrected chi connectivity index (χ1v) is 7.90. The molecule has 4 heteroatoms. The molecule has 1 amide bonds. The van der Waals surface area contributed by atoms with Crippen molar-refractivity contribution in [1.82, 2.24) is 10.2 Å². The zero-order valence-corrected chi connectivity index (χ0v) is 13.0. The van der Waals surface area contributed by atoms with Gasteiger partial charge in [0.05, 0.1) is 12.6 Å². The Labute approximate surface area is 122 Å². The lowest BCUT2D eigenvalue weighted by molar-refractivity contribution is -0.130. The van der Waals surface area contributed by atoms with Crippen molar-refractivity contribution in [3.63, 3.8) is 0 Å². The van der Waals surface area contributed by atoms with E-state index in [1.807, 2.05) is 0 Å². The molecule has 0 aromatic carbocycles. The van der Waals surface area contributed by atoms with Crippen LogP contribution in [-0.4, -0.2) is 35.5 Å². The normalized spacial score (nSPS) is 32.3. The SMILES string of the molecule is CC[C@]1(NCC(=O)N2CCC[C@H]2C#N)CCCC1(C)C. The van der Waals surface area contributed by atoms with Gasteiger partial charge in [-0.1, -0.05) is 27.2 Å². The van der Waals surface area contributed by atoms with Crippen molar-refractivity contribution in [2.45, 2.75) is 70.9 Å². The first-order chi connectivity index (χ1) is 9.46. The topological polar surface area (TPSA) is 56.1 Å². The van der Waals surface area contributed by atoms with E-state index in [0.29, 0.717) is 6.54 Å². The fourth-order valence-corrected chi connectivity index (χ4v) is 4.06. The molecule has 1 aliphatic carbocycles. The van der Waals surface area contributed by atoms with Crippen LogP contribution in [0.1, 0.15) is 59.3 Å². The van der Waals surface area contributed by atoms with Gasteiger partial charge < -0.3 is 10.2 Å². The molecule has 0 spiro atoms. The summed E-state index contributed by atoms with van der Waals surface area (Å²) < 4.78 is 0. The lowest BCUT2D eigenvalue weighted by atomic mass is 9.73. The fourth-order valence-electron chi connectivity index (χ4n) is 4.06. The van der Waals surface area contributed by atoms with Crippen molar-refractivity contribution in [1.29, 1.82) is 5.26 Å². The van der Waals surface area contributed by atoms with Gasteiger partial charge >= 0.3 is 0 Å². The van der Waals surface area contributed by atoms with Gasteiger partial charge in [0.25, 0.3) is 0 Å². The Kier molecular flexibility index (Phi) is 4.39. The molecule has 1 N–H and O–H groups in total. The molecular weight excluding hydrogens is 250 g/mol. The molecule has 0 aromatic rings. The lowest BCUT2D eigenvalue weighted by Crippen LogP contribution is -2.55. The summed E-state index contributed by atoms with van der Waals surface area (Å²) in [6.07, 6.45) is 6.42. The van der Waals surface area contributed by atoms with E-state index in [1.54, 1.807) is 4.90 Å². The van der Waals surface area contributed by atoms with Crippen molar-refractivity contribution in [3.8, 4) is 6.07 Å². The van der Waals surface area contributed by atoms with E-state index in [9.17, 15) is 4.79 Å². The summed E-state index contributed by atoms with van der Waals surface area (Å²) in [5.74, 6) is 0.0876. The van der Waals surface area contributed by atoms with E-state index < -0.39 is 0 Å². The van der Waals surface area contributed by atoms with Crippen molar-refractivity contribution in [2.75, 3.05) is 13.1 Å². The molecule has 112 valence electrons. The van der Waals surface area contributed by atoms with Crippen molar-refractivity contribution >= 4 is 5.91 Å². The van der Waals surface area contributed by atoms with Crippen LogP contribution in [-0.2, 0) is 4.79 Å². The number of hydrogen-bond donors (Lipinski definition) is 1. The molecule has 0 bridgehead atoms. The van der Waals surface area contributed by atoms with Gasteiger partial charge in [0.15, 0.2) is 0 Å². The monoisotopic (exact) mass is 277 g/mol. The maximum Gasteiger partial charge on any atom is 0.237 e. The van der Waals surface area contributed by atoms with Gasteiger partial charge in [0.1, 0.15) is 6.04 Å². The van der Waals surface area contributed by atoms with Gasteiger partial charge in [-0.15, -0.1) is 0 Å². The Morgan fingerprint density at radius 3 is 2.70 bits per heavy atom. The molecule has 2 atom stereocenters. The van der Waals surface area contributed by atoms with Crippen LogP contribution in [0.2, 0.25) is 0 Å². The largest absolute Gasteiger partial charge is 0.326 e. The average molecular weight is 277 g/mol. The van der Waals surface area contributed by atoms with Gasteiger partial charge in [0.2, 0.25) is 5.91 Å². The number of likely N-dealkylation sites (tertiary alicyclic amines) is 1. The molecule has 1 heterocycles. The Bertz CT molecular complexity index is 412. The quantitative estimate of drug-likeness (QED) is 0.858. The second-order valence-corrected chi connectivity index (χ2v) is 6.90. The van der Waals surface area contributed by atoms with Gasteiger partial charge in [-0.3, -0.25) is 4.79 Å². The molecule has 20 heavy (non-hydrogen) atoms. The molecule has 1 saturated carbocycles. The Morgan fingerprint density at radius 1 is 1.40 bits per heavy atom. The van der Waals surface area contributed by atoms with E-state index in [-0.39, 0.29) is 22.9 Å². The van der Waals surface area contributed by atoms with Gasteiger partial charge in [-0.25, -0.2) is 0 Å². The maximum absolute atomic E-state index is 12.4. The van der Waals surface area contributed by atoms with Crippen LogP contribution >= 0.6 is 0 Å².